The summed E-state index contributed by atoms with van der Waals surface area (Å²) in [7, 11) is 0. The summed E-state index contributed by atoms with van der Waals surface area (Å²) in [4.78, 5) is 19.3. The van der Waals surface area contributed by atoms with Crippen molar-refractivity contribution in [3.63, 3.8) is 0 Å². The van der Waals surface area contributed by atoms with Gasteiger partial charge in [0.15, 0.2) is 12.0 Å². The predicted molar refractivity (Wildman–Crippen MR) is 88.9 cm³/mol. The second kappa shape index (κ2) is 5.36. The van der Waals surface area contributed by atoms with Crippen LogP contribution in [-0.4, -0.2) is 28.4 Å². The molecule has 4 rings (SSSR count). The van der Waals surface area contributed by atoms with Crippen molar-refractivity contribution >= 4 is 5.91 Å². The number of oxazole rings is 1. The molecule has 24 heavy (non-hydrogen) atoms. The standard InChI is InChI=1S/C19H22N2O3/c1-19(2,3)18-20-13-11-21(9-8-15(13)24-18)17(22)16-10-12-6-4-5-7-14(12)23-16/h4-7,16H,8-11H2,1-3H3. The van der Waals surface area contributed by atoms with Gasteiger partial charge in [-0.3, -0.25) is 4.79 Å². The van der Waals surface area contributed by atoms with Crippen LogP contribution < -0.4 is 4.74 Å². The molecule has 1 amide bonds. The lowest BCUT2D eigenvalue weighted by Gasteiger charge is -2.27. The summed E-state index contributed by atoms with van der Waals surface area (Å²) in [6.45, 7) is 7.40. The topological polar surface area (TPSA) is 55.6 Å². The van der Waals surface area contributed by atoms with E-state index in [1.807, 2.05) is 29.2 Å². The minimum Gasteiger partial charge on any atom is -0.480 e. The van der Waals surface area contributed by atoms with Crippen molar-refractivity contribution in [3.05, 3.63) is 47.2 Å². The molecule has 0 radical (unpaired) electrons. The number of fused-ring (bicyclic) bond motifs is 2. The second-order valence-electron chi connectivity index (χ2n) is 7.57. The Balaban J connectivity index is 1.49. The summed E-state index contributed by atoms with van der Waals surface area (Å²) < 4.78 is 11.7. The summed E-state index contributed by atoms with van der Waals surface area (Å²) in [6.07, 6.45) is 0.937. The first-order chi connectivity index (χ1) is 11.4. The van der Waals surface area contributed by atoms with E-state index in [1.54, 1.807) is 0 Å². The molecular weight excluding hydrogens is 304 g/mol. The van der Waals surface area contributed by atoms with Gasteiger partial charge in [-0.15, -0.1) is 0 Å². The molecule has 1 aromatic carbocycles. The van der Waals surface area contributed by atoms with E-state index < -0.39 is 6.10 Å². The number of amides is 1. The Kier molecular flexibility index (Phi) is 3.41. The zero-order valence-electron chi connectivity index (χ0n) is 14.3. The average molecular weight is 326 g/mol. The van der Waals surface area contributed by atoms with Crippen LogP contribution in [-0.2, 0) is 29.6 Å². The van der Waals surface area contributed by atoms with Crippen LogP contribution in [0, 0.1) is 0 Å². The van der Waals surface area contributed by atoms with Crippen LogP contribution in [0.3, 0.4) is 0 Å². The highest BCUT2D eigenvalue weighted by Gasteiger charge is 2.35. The van der Waals surface area contributed by atoms with E-state index in [1.165, 1.54) is 0 Å². The fourth-order valence-corrected chi connectivity index (χ4v) is 3.23. The van der Waals surface area contributed by atoms with E-state index in [0.717, 1.165) is 28.7 Å². The van der Waals surface area contributed by atoms with E-state index in [2.05, 4.69) is 25.8 Å². The molecule has 0 N–H and O–H groups in total. The van der Waals surface area contributed by atoms with Gasteiger partial charge < -0.3 is 14.1 Å². The first kappa shape index (κ1) is 15.2. The van der Waals surface area contributed by atoms with Crippen molar-refractivity contribution in [1.82, 2.24) is 9.88 Å². The van der Waals surface area contributed by atoms with Gasteiger partial charge in [-0.2, -0.15) is 0 Å². The average Bonchev–Trinajstić information content (AvgIpc) is 3.16. The Hall–Kier alpha value is -2.30. The van der Waals surface area contributed by atoms with Gasteiger partial charge in [0.1, 0.15) is 17.2 Å². The number of benzene rings is 1. The monoisotopic (exact) mass is 326 g/mol. The number of carbonyl (C=O) groups is 1. The molecule has 0 fully saturated rings. The zero-order valence-corrected chi connectivity index (χ0v) is 14.3. The molecule has 0 aliphatic carbocycles. The smallest absolute Gasteiger partial charge is 0.264 e. The molecular formula is C19H22N2O3. The maximum atomic E-state index is 12.8. The quantitative estimate of drug-likeness (QED) is 0.808. The van der Waals surface area contributed by atoms with E-state index in [4.69, 9.17) is 9.15 Å². The molecule has 126 valence electrons. The summed E-state index contributed by atoms with van der Waals surface area (Å²) in [5.74, 6) is 2.52. The largest absolute Gasteiger partial charge is 0.480 e. The molecule has 0 bridgehead atoms. The van der Waals surface area contributed by atoms with Crippen molar-refractivity contribution in [2.24, 2.45) is 0 Å². The van der Waals surface area contributed by atoms with Crippen LogP contribution in [0.5, 0.6) is 5.75 Å². The molecule has 1 aromatic heterocycles. The number of nitrogens with zero attached hydrogens (tertiary/aromatic N) is 2. The highest BCUT2D eigenvalue weighted by molar-refractivity contribution is 5.82. The highest BCUT2D eigenvalue weighted by atomic mass is 16.5. The summed E-state index contributed by atoms with van der Waals surface area (Å²) in [6, 6.07) is 7.85. The number of para-hydroxylation sites is 1. The van der Waals surface area contributed by atoms with E-state index >= 15 is 0 Å². The molecule has 0 saturated carbocycles. The third-order valence-electron chi connectivity index (χ3n) is 4.60. The molecule has 2 aromatic rings. The van der Waals surface area contributed by atoms with Crippen molar-refractivity contribution in [2.45, 2.75) is 51.7 Å². The molecule has 5 nitrogen and oxygen atoms in total. The fraction of sp³-hybridized carbons (Fsp3) is 0.474. The Morgan fingerprint density at radius 2 is 2.08 bits per heavy atom. The van der Waals surface area contributed by atoms with E-state index in [9.17, 15) is 4.79 Å². The van der Waals surface area contributed by atoms with Crippen LogP contribution >= 0.6 is 0 Å². The predicted octanol–water partition coefficient (Wildman–Crippen LogP) is 2.86. The van der Waals surface area contributed by atoms with Crippen LogP contribution in [0.2, 0.25) is 0 Å². The van der Waals surface area contributed by atoms with Crippen LogP contribution in [0.15, 0.2) is 28.7 Å². The van der Waals surface area contributed by atoms with Gasteiger partial charge in [0.25, 0.3) is 5.91 Å². The maximum Gasteiger partial charge on any atom is 0.264 e. The van der Waals surface area contributed by atoms with Crippen LogP contribution in [0.4, 0.5) is 0 Å². The van der Waals surface area contributed by atoms with Gasteiger partial charge in [0.05, 0.1) is 6.54 Å². The lowest BCUT2D eigenvalue weighted by Crippen LogP contribution is -2.43. The van der Waals surface area contributed by atoms with Crippen molar-refractivity contribution in [3.8, 4) is 5.75 Å². The number of ether oxygens (including phenoxy) is 1. The lowest BCUT2D eigenvalue weighted by atomic mass is 9.97. The number of hydrogen-bond donors (Lipinski definition) is 0. The van der Waals surface area contributed by atoms with Gasteiger partial charge in [0, 0.05) is 24.8 Å². The van der Waals surface area contributed by atoms with Gasteiger partial charge in [-0.25, -0.2) is 4.98 Å². The number of carbonyl (C=O) groups excluding carboxylic acids is 1. The second-order valence-corrected chi connectivity index (χ2v) is 7.57. The van der Waals surface area contributed by atoms with Gasteiger partial charge >= 0.3 is 0 Å². The lowest BCUT2D eigenvalue weighted by molar-refractivity contribution is -0.139. The number of aromatic nitrogens is 1. The van der Waals surface area contributed by atoms with E-state index in [-0.39, 0.29) is 11.3 Å². The Morgan fingerprint density at radius 1 is 1.29 bits per heavy atom. The number of hydrogen-bond acceptors (Lipinski definition) is 4. The molecule has 0 saturated heterocycles. The summed E-state index contributed by atoms with van der Waals surface area (Å²) in [5.41, 5.74) is 1.86. The van der Waals surface area contributed by atoms with E-state index in [0.29, 0.717) is 25.9 Å². The minimum absolute atomic E-state index is 0.0390. The molecule has 3 heterocycles. The zero-order chi connectivity index (χ0) is 16.9. The first-order valence-corrected chi connectivity index (χ1v) is 8.44. The minimum atomic E-state index is -0.419. The number of rotatable bonds is 1. The first-order valence-electron chi connectivity index (χ1n) is 8.44. The third-order valence-corrected chi connectivity index (χ3v) is 4.60. The van der Waals surface area contributed by atoms with Crippen molar-refractivity contribution in [1.29, 1.82) is 0 Å². The summed E-state index contributed by atoms with van der Waals surface area (Å²) in [5, 5.41) is 0. The van der Waals surface area contributed by atoms with Crippen LogP contribution in [0.1, 0.15) is 43.7 Å². The fourth-order valence-electron chi connectivity index (χ4n) is 3.23. The Bertz CT molecular complexity index is 763. The molecule has 2 aliphatic heterocycles. The van der Waals surface area contributed by atoms with Crippen LogP contribution in [0.25, 0.3) is 0 Å². The maximum absolute atomic E-state index is 12.8. The molecule has 1 unspecified atom stereocenters. The normalized spacial score (nSPS) is 19.6. The molecule has 0 spiro atoms. The Labute approximate surface area is 141 Å². The Morgan fingerprint density at radius 3 is 2.83 bits per heavy atom. The summed E-state index contributed by atoms with van der Waals surface area (Å²) >= 11 is 0. The molecule has 2 aliphatic rings. The molecule has 1 atom stereocenters. The van der Waals surface area contributed by atoms with Gasteiger partial charge in [0.2, 0.25) is 0 Å². The van der Waals surface area contributed by atoms with Gasteiger partial charge in [-0.05, 0) is 11.6 Å². The SMILES string of the molecule is CC(C)(C)c1nc2c(o1)CCN(C(=O)C1Cc3ccccc3O1)C2. The highest BCUT2D eigenvalue weighted by Crippen LogP contribution is 2.31. The molecule has 5 heteroatoms. The van der Waals surface area contributed by atoms with Crippen molar-refractivity contribution in [2.75, 3.05) is 6.54 Å². The third kappa shape index (κ3) is 2.58. The van der Waals surface area contributed by atoms with Gasteiger partial charge in [-0.1, -0.05) is 39.0 Å². The van der Waals surface area contributed by atoms with Crippen molar-refractivity contribution < 1.29 is 13.9 Å².